The van der Waals surface area contributed by atoms with Crippen molar-refractivity contribution < 1.29 is 14.0 Å². The molecule has 0 spiro atoms. The van der Waals surface area contributed by atoms with Crippen LogP contribution in [0.5, 0.6) is 0 Å². The van der Waals surface area contributed by atoms with Crippen LogP contribution in [-0.2, 0) is 9.16 Å². The SMILES string of the molecule is C=CC(OCC)O[SiH2]O. The summed E-state index contributed by atoms with van der Waals surface area (Å²) in [5.74, 6) is 0. The fraction of sp³-hybridized carbons (Fsp3) is 0.600. The fourth-order valence-electron chi connectivity index (χ4n) is 0.422. The average Bonchev–Trinajstić information content (AvgIpc) is 1.88. The molecular weight excluding hydrogens is 136 g/mol. The smallest absolute Gasteiger partial charge is 0.304 e. The Balaban J connectivity index is 3.29. The minimum Gasteiger partial charge on any atom is -0.415 e. The second kappa shape index (κ2) is 5.96. The van der Waals surface area contributed by atoms with Crippen LogP contribution in [0.3, 0.4) is 0 Å². The Hall–Kier alpha value is -0.163. The van der Waals surface area contributed by atoms with Gasteiger partial charge in [0, 0.05) is 6.61 Å². The highest BCUT2D eigenvalue weighted by Gasteiger charge is 1.99. The molecule has 1 N–H and O–H groups in total. The first-order valence-electron chi connectivity index (χ1n) is 2.81. The maximum absolute atomic E-state index is 8.38. The number of hydrogen-bond acceptors (Lipinski definition) is 3. The van der Waals surface area contributed by atoms with Crippen molar-refractivity contribution in [2.45, 2.75) is 13.2 Å². The molecule has 0 amide bonds. The molecule has 1 atom stereocenters. The molecule has 1 unspecified atom stereocenters. The molecule has 4 heteroatoms. The summed E-state index contributed by atoms with van der Waals surface area (Å²) in [6.07, 6.45) is 1.11. The molecule has 0 fully saturated rings. The van der Waals surface area contributed by atoms with Gasteiger partial charge in [0.15, 0.2) is 6.29 Å². The first kappa shape index (κ1) is 8.84. The normalized spacial score (nSPS) is 14.4. The summed E-state index contributed by atoms with van der Waals surface area (Å²) in [4.78, 5) is 8.38. The van der Waals surface area contributed by atoms with Gasteiger partial charge in [0.25, 0.3) is 0 Å². The lowest BCUT2D eigenvalue weighted by Gasteiger charge is -2.10. The molecule has 0 heterocycles. The van der Waals surface area contributed by atoms with E-state index in [-0.39, 0.29) is 0 Å². The van der Waals surface area contributed by atoms with Crippen LogP contribution in [0, 0.1) is 0 Å². The van der Waals surface area contributed by atoms with E-state index in [4.69, 9.17) is 14.0 Å². The van der Waals surface area contributed by atoms with Gasteiger partial charge >= 0.3 is 10.0 Å². The second-order valence-corrected chi connectivity index (χ2v) is 1.95. The molecule has 0 aliphatic rings. The van der Waals surface area contributed by atoms with Crippen LogP contribution in [0.2, 0.25) is 0 Å². The molecule has 0 saturated carbocycles. The predicted octanol–water partition coefficient (Wildman–Crippen LogP) is -0.457. The summed E-state index contributed by atoms with van der Waals surface area (Å²) >= 11 is 0. The number of hydrogen-bond donors (Lipinski definition) is 1. The highest BCUT2D eigenvalue weighted by molar-refractivity contribution is 6.15. The lowest BCUT2D eigenvalue weighted by atomic mass is 10.6. The van der Waals surface area contributed by atoms with Crippen molar-refractivity contribution in [1.29, 1.82) is 0 Å². The van der Waals surface area contributed by atoms with Crippen LogP contribution >= 0.6 is 0 Å². The van der Waals surface area contributed by atoms with Crippen molar-refractivity contribution in [2.75, 3.05) is 6.61 Å². The molecule has 54 valence electrons. The highest BCUT2D eigenvalue weighted by atomic mass is 28.2. The summed E-state index contributed by atoms with van der Waals surface area (Å²) in [6, 6.07) is 0. The van der Waals surface area contributed by atoms with Crippen molar-refractivity contribution in [3.05, 3.63) is 12.7 Å². The van der Waals surface area contributed by atoms with Crippen molar-refractivity contribution in [3.8, 4) is 0 Å². The van der Waals surface area contributed by atoms with E-state index < -0.39 is 16.3 Å². The third-order valence-corrected chi connectivity index (χ3v) is 1.24. The van der Waals surface area contributed by atoms with Crippen LogP contribution in [-0.4, -0.2) is 27.7 Å². The van der Waals surface area contributed by atoms with Crippen LogP contribution in [0.15, 0.2) is 12.7 Å². The van der Waals surface area contributed by atoms with Crippen molar-refractivity contribution >= 4 is 10.0 Å². The lowest BCUT2D eigenvalue weighted by Crippen LogP contribution is -2.16. The van der Waals surface area contributed by atoms with Gasteiger partial charge in [-0.3, -0.25) is 0 Å². The minimum atomic E-state index is -1.36. The van der Waals surface area contributed by atoms with E-state index in [2.05, 4.69) is 6.58 Å². The van der Waals surface area contributed by atoms with Crippen molar-refractivity contribution in [2.24, 2.45) is 0 Å². The van der Waals surface area contributed by atoms with Gasteiger partial charge in [-0.1, -0.05) is 6.58 Å². The molecule has 0 bridgehead atoms. The van der Waals surface area contributed by atoms with Crippen molar-refractivity contribution in [3.63, 3.8) is 0 Å². The van der Waals surface area contributed by atoms with E-state index >= 15 is 0 Å². The summed E-state index contributed by atoms with van der Waals surface area (Å²) in [5, 5.41) is 0. The summed E-state index contributed by atoms with van der Waals surface area (Å²) in [7, 11) is -1.36. The van der Waals surface area contributed by atoms with Gasteiger partial charge in [-0.15, -0.1) is 0 Å². The van der Waals surface area contributed by atoms with E-state index in [1.54, 1.807) is 0 Å². The quantitative estimate of drug-likeness (QED) is 0.326. The van der Waals surface area contributed by atoms with Gasteiger partial charge in [-0.25, -0.2) is 0 Å². The molecule has 9 heavy (non-hydrogen) atoms. The highest BCUT2D eigenvalue weighted by Crippen LogP contribution is 1.92. The standard InChI is InChI=1S/C5H12O3Si/c1-3-5(7-4-2)8-9-6/h3,5-6H,1,4,9H2,2H3. The Morgan fingerprint density at radius 2 is 2.56 bits per heavy atom. The molecule has 0 aromatic rings. The topological polar surface area (TPSA) is 38.7 Å². The molecule has 0 aromatic heterocycles. The van der Waals surface area contributed by atoms with E-state index in [1.165, 1.54) is 6.08 Å². The van der Waals surface area contributed by atoms with Crippen LogP contribution in [0.25, 0.3) is 0 Å². The molecule has 0 rings (SSSR count). The van der Waals surface area contributed by atoms with E-state index in [0.717, 1.165) is 0 Å². The summed E-state index contributed by atoms with van der Waals surface area (Å²) < 4.78 is 9.75. The van der Waals surface area contributed by atoms with Gasteiger partial charge in [-0.05, 0) is 13.0 Å². The fourth-order valence-corrected chi connectivity index (χ4v) is 0.801. The third-order valence-electron chi connectivity index (χ3n) is 0.762. The Bertz CT molecular complexity index is 70.6. The molecule has 0 aliphatic heterocycles. The summed E-state index contributed by atoms with van der Waals surface area (Å²) in [6.45, 7) is 5.89. The Labute approximate surface area is 57.4 Å². The molecule has 0 radical (unpaired) electrons. The van der Waals surface area contributed by atoms with E-state index in [1.807, 2.05) is 6.92 Å². The largest absolute Gasteiger partial charge is 0.415 e. The number of rotatable bonds is 5. The van der Waals surface area contributed by atoms with Gasteiger partial charge < -0.3 is 14.0 Å². The maximum Gasteiger partial charge on any atom is 0.304 e. The summed E-state index contributed by atoms with van der Waals surface area (Å²) in [5.41, 5.74) is 0. The zero-order chi connectivity index (χ0) is 7.11. The Morgan fingerprint density at radius 3 is 2.89 bits per heavy atom. The third kappa shape index (κ3) is 4.35. The Kier molecular flexibility index (Phi) is 5.86. The first-order chi connectivity index (χ1) is 4.35. The van der Waals surface area contributed by atoms with Crippen molar-refractivity contribution in [1.82, 2.24) is 0 Å². The van der Waals surface area contributed by atoms with E-state index in [0.29, 0.717) is 6.61 Å². The van der Waals surface area contributed by atoms with Gasteiger partial charge in [-0.2, -0.15) is 0 Å². The number of ether oxygens (including phenoxy) is 1. The second-order valence-electron chi connectivity index (χ2n) is 1.36. The van der Waals surface area contributed by atoms with Gasteiger partial charge in [0.05, 0.1) is 0 Å². The predicted molar refractivity (Wildman–Crippen MR) is 37.5 cm³/mol. The molecule has 0 aliphatic carbocycles. The van der Waals surface area contributed by atoms with Crippen LogP contribution in [0.1, 0.15) is 6.92 Å². The lowest BCUT2D eigenvalue weighted by molar-refractivity contribution is -0.0459. The monoisotopic (exact) mass is 148 g/mol. The molecular formula is C5H12O3Si. The van der Waals surface area contributed by atoms with Gasteiger partial charge in [0.1, 0.15) is 0 Å². The van der Waals surface area contributed by atoms with Crippen LogP contribution < -0.4 is 0 Å². The van der Waals surface area contributed by atoms with E-state index in [9.17, 15) is 0 Å². The Morgan fingerprint density at radius 1 is 1.89 bits per heavy atom. The zero-order valence-electron chi connectivity index (χ0n) is 5.54. The molecule has 0 saturated heterocycles. The van der Waals surface area contributed by atoms with Gasteiger partial charge in [0.2, 0.25) is 0 Å². The first-order valence-corrected chi connectivity index (χ1v) is 4.02. The average molecular weight is 148 g/mol. The molecule has 0 aromatic carbocycles. The zero-order valence-corrected chi connectivity index (χ0v) is 6.95. The maximum atomic E-state index is 8.38. The van der Waals surface area contributed by atoms with Crippen LogP contribution in [0.4, 0.5) is 0 Å². The minimum absolute atomic E-state index is 0.410. The molecule has 3 nitrogen and oxygen atoms in total.